The second-order valence-corrected chi connectivity index (χ2v) is 9.20. The first-order chi connectivity index (χ1) is 15.8. The van der Waals surface area contributed by atoms with Crippen LogP contribution in [0.25, 0.3) is 28.1 Å². The summed E-state index contributed by atoms with van der Waals surface area (Å²) >= 11 is 0.830. The Balaban J connectivity index is 2.15. The summed E-state index contributed by atoms with van der Waals surface area (Å²) in [4.78, 5) is 0.196. The van der Waals surface area contributed by atoms with Crippen LogP contribution in [-0.4, -0.2) is 22.3 Å². The van der Waals surface area contributed by atoms with Crippen molar-refractivity contribution in [2.75, 3.05) is 0 Å². The first-order valence-corrected chi connectivity index (χ1v) is 10.7. The van der Waals surface area contributed by atoms with Gasteiger partial charge < -0.3 is 4.57 Å². The summed E-state index contributed by atoms with van der Waals surface area (Å²) in [7, 11) is 1.54. The summed E-state index contributed by atoms with van der Waals surface area (Å²) in [6.45, 7) is 2.74. The van der Waals surface area contributed by atoms with Gasteiger partial charge in [-0.25, -0.2) is 0 Å². The zero-order valence-corrected chi connectivity index (χ0v) is 18.8. The molecule has 0 fully saturated rings. The molecule has 10 heteroatoms. The van der Waals surface area contributed by atoms with E-state index in [1.165, 1.54) is 37.6 Å². The van der Waals surface area contributed by atoms with Gasteiger partial charge in [0.2, 0.25) is 0 Å². The van der Waals surface area contributed by atoms with Gasteiger partial charge in [-0.15, -0.1) is 11.3 Å². The number of hydrogen-bond donors (Lipinski definition) is 0. The van der Waals surface area contributed by atoms with Crippen molar-refractivity contribution in [1.29, 1.82) is 10.5 Å². The maximum atomic E-state index is 15.3. The van der Waals surface area contributed by atoms with Gasteiger partial charge in [0.05, 0.1) is 0 Å². The van der Waals surface area contributed by atoms with Gasteiger partial charge in [-0.1, -0.05) is 18.2 Å². The van der Waals surface area contributed by atoms with Crippen molar-refractivity contribution in [3.05, 3.63) is 62.5 Å². The third-order valence-electron chi connectivity index (χ3n) is 6.05. The molecule has 0 N–H and O–H groups in total. The number of para-hydroxylation sites is 1. The van der Waals surface area contributed by atoms with Crippen LogP contribution in [0.4, 0.5) is 26.3 Å². The summed E-state index contributed by atoms with van der Waals surface area (Å²) in [5, 5.41) is 18.1. The fourth-order valence-electron chi connectivity index (χ4n) is 4.30. The minimum atomic E-state index is -5.68. The highest BCUT2D eigenvalue weighted by Crippen LogP contribution is 2.66. The molecule has 0 aliphatic heterocycles. The van der Waals surface area contributed by atoms with Crippen LogP contribution in [0.1, 0.15) is 26.6 Å². The van der Waals surface area contributed by atoms with Gasteiger partial charge in [-0.3, -0.25) is 0 Å². The van der Waals surface area contributed by atoms with Crippen molar-refractivity contribution >= 4 is 39.5 Å². The number of halogens is 6. The molecule has 0 bridgehead atoms. The van der Waals surface area contributed by atoms with E-state index in [0.717, 1.165) is 23.5 Å². The number of allylic oxidation sites excluding steroid dienone is 3. The van der Waals surface area contributed by atoms with Gasteiger partial charge in [0, 0.05) is 50.1 Å². The molecule has 3 aromatic rings. The predicted molar refractivity (Wildman–Crippen MR) is 118 cm³/mol. The average molecular weight is 491 g/mol. The number of nitriles is 2. The lowest BCUT2D eigenvalue weighted by Gasteiger charge is -2.25. The first-order valence-electron chi connectivity index (χ1n) is 9.87. The van der Waals surface area contributed by atoms with Gasteiger partial charge in [0.25, 0.3) is 0 Å². The number of aromatic nitrogens is 1. The van der Waals surface area contributed by atoms with Gasteiger partial charge in [-0.2, -0.15) is 36.9 Å². The molecule has 1 aliphatic carbocycles. The van der Waals surface area contributed by atoms with E-state index in [9.17, 15) is 8.78 Å². The van der Waals surface area contributed by atoms with E-state index in [1.54, 1.807) is 24.3 Å². The highest BCUT2D eigenvalue weighted by atomic mass is 32.1. The quantitative estimate of drug-likeness (QED) is 0.289. The number of hydrogen-bond acceptors (Lipinski definition) is 3. The summed E-state index contributed by atoms with van der Waals surface area (Å²) in [6, 6.07) is 10.4. The van der Waals surface area contributed by atoms with Gasteiger partial charge in [0.1, 0.15) is 17.7 Å². The number of thiophene rings is 1. The minimum absolute atomic E-state index is 0.0695. The third-order valence-corrected chi connectivity index (χ3v) is 7.05. The molecule has 0 spiro atoms. The van der Waals surface area contributed by atoms with E-state index in [2.05, 4.69) is 0 Å². The predicted octanol–water partition coefficient (Wildman–Crippen LogP) is 7.12. The Labute approximate surface area is 194 Å². The summed E-state index contributed by atoms with van der Waals surface area (Å²) < 4.78 is 91.9. The molecule has 0 amide bonds. The topological polar surface area (TPSA) is 52.5 Å². The van der Waals surface area contributed by atoms with Crippen molar-refractivity contribution in [2.24, 2.45) is 7.05 Å². The highest BCUT2D eigenvalue weighted by Gasteiger charge is 2.80. The Morgan fingerprint density at radius 1 is 0.971 bits per heavy atom. The van der Waals surface area contributed by atoms with Crippen molar-refractivity contribution in [1.82, 2.24) is 4.57 Å². The lowest BCUT2D eigenvalue weighted by atomic mass is 9.93. The summed E-state index contributed by atoms with van der Waals surface area (Å²) in [5.41, 5.74) is -3.51. The van der Waals surface area contributed by atoms with Crippen LogP contribution >= 0.6 is 11.3 Å². The van der Waals surface area contributed by atoms with Crippen LogP contribution in [0.5, 0.6) is 0 Å². The molecular weight excluding hydrogens is 476 g/mol. The van der Waals surface area contributed by atoms with E-state index in [0.29, 0.717) is 5.52 Å². The molecule has 2 heterocycles. The largest absolute Gasteiger partial charge is 0.380 e. The molecule has 3 nitrogen and oxygen atoms in total. The van der Waals surface area contributed by atoms with Crippen LogP contribution in [0.15, 0.2) is 35.9 Å². The number of alkyl halides is 6. The molecule has 1 aliphatic rings. The molecule has 0 radical (unpaired) electrons. The minimum Gasteiger partial charge on any atom is -0.347 e. The monoisotopic (exact) mass is 491 g/mol. The molecule has 0 unspecified atom stereocenters. The van der Waals surface area contributed by atoms with Crippen molar-refractivity contribution in [3.8, 4) is 12.1 Å². The first kappa shape index (κ1) is 23.7. The van der Waals surface area contributed by atoms with E-state index >= 15 is 17.6 Å². The van der Waals surface area contributed by atoms with Gasteiger partial charge in [0.15, 0.2) is 0 Å². The third kappa shape index (κ3) is 2.95. The Hall–Kier alpha value is -3.50. The number of rotatable bonds is 3. The zero-order valence-electron chi connectivity index (χ0n) is 18.0. The highest BCUT2D eigenvalue weighted by molar-refractivity contribution is 7.13. The maximum Gasteiger partial charge on any atom is 0.380 e. The number of benzene rings is 1. The smallest absolute Gasteiger partial charge is 0.347 e. The molecule has 0 saturated heterocycles. The Morgan fingerprint density at radius 2 is 1.56 bits per heavy atom. The normalized spacial score (nSPS) is 18.1. The molecule has 0 saturated carbocycles. The van der Waals surface area contributed by atoms with Crippen LogP contribution in [0.3, 0.4) is 0 Å². The van der Waals surface area contributed by atoms with Crippen LogP contribution < -0.4 is 0 Å². The molecular formula is C24H15F6N3S. The fourth-order valence-corrected chi connectivity index (χ4v) is 5.28. The molecule has 0 atom stereocenters. The van der Waals surface area contributed by atoms with Gasteiger partial charge >= 0.3 is 17.8 Å². The maximum absolute atomic E-state index is 15.3. The Morgan fingerprint density at radius 3 is 2.18 bits per heavy atom. The SMILES string of the molecule is Cc1sc(C=C(C#N)C#N)cc1C1=C(c2c(C)n(C)c3ccccc23)C(F)(F)C(F)(F)C1(F)F. The summed E-state index contributed by atoms with van der Waals surface area (Å²) in [5.74, 6) is -16.0. The lowest BCUT2D eigenvalue weighted by molar-refractivity contribution is -0.254. The molecule has 174 valence electrons. The number of aryl methyl sites for hydroxylation is 2. The van der Waals surface area contributed by atoms with Crippen LogP contribution in [0, 0.1) is 36.5 Å². The molecule has 4 rings (SSSR count). The van der Waals surface area contributed by atoms with Crippen LogP contribution in [0.2, 0.25) is 0 Å². The van der Waals surface area contributed by atoms with Crippen molar-refractivity contribution < 1.29 is 26.3 Å². The second-order valence-electron chi connectivity index (χ2n) is 7.91. The Kier molecular flexibility index (Phi) is 5.22. The molecule has 34 heavy (non-hydrogen) atoms. The van der Waals surface area contributed by atoms with E-state index in [4.69, 9.17) is 10.5 Å². The second kappa shape index (κ2) is 7.51. The molecule has 2 aromatic heterocycles. The standard InChI is InChI=1S/C24H15F6N3S/c1-12-19(16-6-4-5-7-18(16)33(12)3)21-20(22(25,26)24(29,30)23(21,27)28)17-9-15(34-13(17)2)8-14(10-31)11-32/h4-9H,1-3H3. The van der Waals surface area contributed by atoms with E-state index in [-0.39, 0.29) is 32.0 Å². The zero-order chi connectivity index (χ0) is 25.2. The number of fused-ring (bicyclic) bond motifs is 1. The average Bonchev–Trinajstić information content (AvgIpc) is 3.29. The lowest BCUT2D eigenvalue weighted by Crippen LogP contribution is -2.48. The number of nitrogens with zero attached hydrogens (tertiary/aromatic N) is 3. The fraction of sp³-hybridized carbons (Fsp3) is 0.250. The van der Waals surface area contributed by atoms with E-state index < -0.39 is 34.5 Å². The van der Waals surface area contributed by atoms with Crippen molar-refractivity contribution in [2.45, 2.75) is 31.6 Å². The Bertz CT molecular complexity index is 1480. The molecule has 1 aromatic carbocycles. The van der Waals surface area contributed by atoms with Gasteiger partial charge in [-0.05, 0) is 37.6 Å². The van der Waals surface area contributed by atoms with E-state index in [1.807, 2.05) is 0 Å². The van der Waals surface area contributed by atoms with Crippen molar-refractivity contribution in [3.63, 3.8) is 0 Å². The van der Waals surface area contributed by atoms with Crippen LogP contribution in [-0.2, 0) is 7.05 Å². The summed E-state index contributed by atoms with van der Waals surface area (Å²) in [6.07, 6.45) is 1.09.